The van der Waals surface area contributed by atoms with Gasteiger partial charge in [0.25, 0.3) is 0 Å². The van der Waals surface area contributed by atoms with Gasteiger partial charge in [0.2, 0.25) is 12.3 Å². The lowest BCUT2D eigenvalue weighted by Gasteiger charge is -1.98. The zero-order valence-electron chi connectivity index (χ0n) is 9.88. The lowest BCUT2D eigenvalue weighted by Crippen LogP contribution is -3.00. The predicted molar refractivity (Wildman–Crippen MR) is 62.1 cm³/mol. The lowest BCUT2D eigenvalue weighted by molar-refractivity contribution is -0.683. The Balaban J connectivity index is 0.00000180. The molecule has 0 fully saturated rings. The number of nitrogens with zero attached hydrogens (tertiary/aromatic N) is 2. The fourth-order valence-electron chi connectivity index (χ4n) is 1.53. The largest absolute Gasteiger partial charge is 1.00 e. The number of carbonyl (C=O) groups is 1. The first-order chi connectivity index (χ1) is 8.69. The molecule has 0 aliphatic rings. The highest BCUT2D eigenvalue weighted by Crippen LogP contribution is 2.03. The third-order valence-electron chi connectivity index (χ3n) is 2.51. The van der Waals surface area contributed by atoms with Gasteiger partial charge in [0.15, 0.2) is 12.4 Å². The van der Waals surface area contributed by atoms with Crippen molar-refractivity contribution in [3.8, 4) is 6.07 Å². The minimum absolute atomic E-state index is 0. The van der Waals surface area contributed by atoms with E-state index in [0.717, 1.165) is 0 Å². The minimum atomic E-state index is -0.363. The fraction of sp³-hybridized carbons (Fsp3) is 0.0714. The normalized spacial score (nSPS) is 9.26. The molecule has 0 aliphatic carbocycles. The van der Waals surface area contributed by atoms with Crippen LogP contribution in [-0.4, -0.2) is 5.78 Å². The van der Waals surface area contributed by atoms with Crippen LogP contribution in [0.1, 0.15) is 15.9 Å². The summed E-state index contributed by atoms with van der Waals surface area (Å²) in [6.45, 7) is 0.164. The number of pyridine rings is 1. The molecule has 1 aromatic carbocycles. The Kier molecular flexibility index (Phi) is 5.34. The third-order valence-corrected chi connectivity index (χ3v) is 2.51. The molecule has 3 nitrogen and oxygen atoms in total. The van der Waals surface area contributed by atoms with E-state index >= 15 is 0 Å². The number of Topliss-reactive ketones (excluding diaryl/α,β-unsaturated/α-hetero) is 1. The number of benzene rings is 1. The van der Waals surface area contributed by atoms with Crippen LogP contribution in [0.5, 0.6) is 0 Å². The second-order valence-electron chi connectivity index (χ2n) is 3.80. The van der Waals surface area contributed by atoms with Gasteiger partial charge in [-0.25, -0.2) is 4.39 Å². The molecule has 0 spiro atoms. The fourth-order valence-corrected chi connectivity index (χ4v) is 1.53. The summed E-state index contributed by atoms with van der Waals surface area (Å²) in [5.41, 5.74) is 1.01. The number of nitriles is 1. The predicted octanol–water partition coefficient (Wildman–Crippen LogP) is -1.13. The van der Waals surface area contributed by atoms with Gasteiger partial charge in [-0.1, -0.05) is 0 Å². The number of hydrogen-bond donors (Lipinski definition) is 0. The van der Waals surface area contributed by atoms with Crippen LogP contribution in [0.25, 0.3) is 0 Å². The summed E-state index contributed by atoms with van der Waals surface area (Å²) in [6.07, 6.45) is 3.33. The van der Waals surface area contributed by atoms with Crippen molar-refractivity contribution in [2.24, 2.45) is 0 Å². The van der Waals surface area contributed by atoms with Crippen molar-refractivity contribution in [1.82, 2.24) is 0 Å². The Morgan fingerprint density at radius 1 is 1.16 bits per heavy atom. The maximum Gasteiger partial charge on any atom is 0.227 e. The number of carbonyl (C=O) groups excluding carboxylic acids is 1. The van der Waals surface area contributed by atoms with Gasteiger partial charge >= 0.3 is 0 Å². The molecule has 2 rings (SSSR count). The first-order valence-electron chi connectivity index (χ1n) is 5.37. The molecule has 0 amide bonds. The van der Waals surface area contributed by atoms with Crippen LogP contribution in [0.15, 0.2) is 48.8 Å². The van der Waals surface area contributed by atoms with Crippen LogP contribution in [0.3, 0.4) is 0 Å². The molecule has 0 saturated heterocycles. The molecule has 19 heavy (non-hydrogen) atoms. The molecule has 0 aliphatic heterocycles. The van der Waals surface area contributed by atoms with Crippen LogP contribution in [0.4, 0.5) is 4.39 Å². The summed E-state index contributed by atoms with van der Waals surface area (Å²) in [6, 6.07) is 10.7. The number of ketones is 1. The van der Waals surface area contributed by atoms with Gasteiger partial charge in [0.05, 0.1) is 11.6 Å². The van der Waals surface area contributed by atoms with Crippen molar-refractivity contribution in [1.29, 1.82) is 5.26 Å². The van der Waals surface area contributed by atoms with Gasteiger partial charge in [-0.05, 0) is 24.3 Å². The standard InChI is InChI=1S/C14H10FN2O.BrH/c15-13-3-1-12(2-4-13)14(18)10-17-7-5-11(9-16)6-8-17;/h1-8H,10H2;1H/q+1;/p-1. The zero-order chi connectivity index (χ0) is 13.0. The van der Waals surface area contributed by atoms with E-state index in [2.05, 4.69) is 0 Å². The van der Waals surface area contributed by atoms with Crippen molar-refractivity contribution in [3.63, 3.8) is 0 Å². The van der Waals surface area contributed by atoms with Gasteiger partial charge in [0.1, 0.15) is 5.82 Å². The van der Waals surface area contributed by atoms with Crippen molar-refractivity contribution in [2.45, 2.75) is 6.54 Å². The molecule has 0 bridgehead atoms. The molecule has 5 heteroatoms. The molecule has 1 aromatic heterocycles. The Hall–Kier alpha value is -2.06. The molecular formula is C14H10BrFN2O. The lowest BCUT2D eigenvalue weighted by atomic mass is 10.1. The van der Waals surface area contributed by atoms with Gasteiger partial charge in [0, 0.05) is 17.7 Å². The molecule has 0 atom stereocenters. The van der Waals surface area contributed by atoms with E-state index in [9.17, 15) is 9.18 Å². The van der Waals surface area contributed by atoms with E-state index in [-0.39, 0.29) is 35.1 Å². The topological polar surface area (TPSA) is 44.7 Å². The number of halogens is 2. The SMILES string of the molecule is N#Cc1cc[n+](CC(=O)c2ccc(F)cc2)cc1.[Br-]. The van der Waals surface area contributed by atoms with E-state index in [1.165, 1.54) is 24.3 Å². The second kappa shape index (κ2) is 6.76. The highest BCUT2D eigenvalue weighted by atomic mass is 79.9. The third kappa shape index (κ3) is 3.97. The molecule has 0 N–H and O–H groups in total. The minimum Gasteiger partial charge on any atom is -1.00 e. The molecule has 1 heterocycles. The quantitative estimate of drug-likeness (QED) is 0.531. The zero-order valence-corrected chi connectivity index (χ0v) is 11.5. The van der Waals surface area contributed by atoms with Gasteiger partial charge in [-0.3, -0.25) is 4.79 Å². The maximum absolute atomic E-state index is 12.7. The van der Waals surface area contributed by atoms with Crippen LogP contribution >= 0.6 is 0 Å². The highest BCUT2D eigenvalue weighted by molar-refractivity contribution is 5.94. The van der Waals surface area contributed by atoms with Crippen molar-refractivity contribution >= 4 is 5.78 Å². The first-order valence-corrected chi connectivity index (χ1v) is 5.37. The van der Waals surface area contributed by atoms with E-state index in [4.69, 9.17) is 5.26 Å². The van der Waals surface area contributed by atoms with Crippen LogP contribution < -0.4 is 21.5 Å². The van der Waals surface area contributed by atoms with E-state index in [0.29, 0.717) is 11.1 Å². The maximum atomic E-state index is 12.7. The van der Waals surface area contributed by atoms with Crippen molar-refractivity contribution in [3.05, 3.63) is 65.7 Å². The number of hydrogen-bond acceptors (Lipinski definition) is 2. The summed E-state index contributed by atoms with van der Waals surface area (Å²) in [7, 11) is 0. The molecule has 96 valence electrons. The highest BCUT2D eigenvalue weighted by Gasteiger charge is 2.11. The summed E-state index contributed by atoms with van der Waals surface area (Å²) in [5.74, 6) is -0.470. The second-order valence-corrected chi connectivity index (χ2v) is 3.80. The number of rotatable bonds is 3. The number of aromatic nitrogens is 1. The van der Waals surface area contributed by atoms with Crippen LogP contribution in [0, 0.1) is 17.1 Å². The average molecular weight is 321 g/mol. The molecular weight excluding hydrogens is 311 g/mol. The van der Waals surface area contributed by atoms with Crippen LogP contribution in [-0.2, 0) is 6.54 Å². The molecule has 0 radical (unpaired) electrons. The molecule has 0 saturated carbocycles. The monoisotopic (exact) mass is 320 g/mol. The van der Waals surface area contributed by atoms with E-state index in [1.54, 1.807) is 29.1 Å². The molecule has 2 aromatic rings. The summed E-state index contributed by atoms with van der Waals surface area (Å²) in [5, 5.41) is 8.65. The van der Waals surface area contributed by atoms with Gasteiger partial charge in [-0.2, -0.15) is 9.83 Å². The van der Waals surface area contributed by atoms with Gasteiger partial charge < -0.3 is 17.0 Å². The average Bonchev–Trinajstić information content (AvgIpc) is 2.40. The van der Waals surface area contributed by atoms with E-state index in [1.807, 2.05) is 6.07 Å². The van der Waals surface area contributed by atoms with Gasteiger partial charge in [-0.15, -0.1) is 0 Å². The Labute approximate surface area is 120 Å². The van der Waals surface area contributed by atoms with Crippen molar-refractivity contribution < 1.29 is 30.7 Å². The summed E-state index contributed by atoms with van der Waals surface area (Å²) in [4.78, 5) is 11.9. The smallest absolute Gasteiger partial charge is 0.227 e. The molecule has 0 unspecified atom stereocenters. The van der Waals surface area contributed by atoms with E-state index < -0.39 is 0 Å². The Morgan fingerprint density at radius 3 is 2.26 bits per heavy atom. The summed E-state index contributed by atoms with van der Waals surface area (Å²) < 4.78 is 14.4. The van der Waals surface area contributed by atoms with Crippen LogP contribution in [0.2, 0.25) is 0 Å². The Morgan fingerprint density at radius 2 is 1.74 bits per heavy atom. The summed E-state index contributed by atoms with van der Waals surface area (Å²) >= 11 is 0. The first kappa shape index (κ1) is 15.0. The van der Waals surface area contributed by atoms with Crippen molar-refractivity contribution in [2.75, 3.05) is 0 Å². The Bertz CT molecular complexity index is 603.